The molecule has 1 radical (unpaired) electrons. The van der Waals surface area contributed by atoms with Gasteiger partial charge in [-0.2, -0.15) is 0 Å². The van der Waals surface area contributed by atoms with Crippen LogP contribution in [0.5, 0.6) is 0 Å². The minimum atomic E-state index is 0. The number of hydrogen-bond acceptors (Lipinski definition) is 0. The molecule has 0 aliphatic heterocycles. The van der Waals surface area contributed by atoms with E-state index in [0.717, 1.165) is 17.8 Å². The predicted octanol–water partition coefficient (Wildman–Crippen LogP) is 4.29. The van der Waals surface area contributed by atoms with Crippen LogP contribution in [0.3, 0.4) is 0 Å². The van der Waals surface area contributed by atoms with E-state index >= 15 is 0 Å². The summed E-state index contributed by atoms with van der Waals surface area (Å²) in [5.41, 5.74) is 0. The number of allylic oxidation sites excluding steroid dienone is 2. The van der Waals surface area contributed by atoms with Crippen LogP contribution in [0.25, 0.3) is 0 Å². The molecule has 2 bridgehead atoms. The van der Waals surface area contributed by atoms with E-state index in [1.165, 1.54) is 32.1 Å². The fraction of sp³-hybridized carbons (Fsp3) is 0.692. The summed E-state index contributed by atoms with van der Waals surface area (Å²) < 4.78 is 0. The van der Waals surface area contributed by atoms with Crippen molar-refractivity contribution in [2.45, 2.75) is 39.0 Å². The fourth-order valence-electron chi connectivity index (χ4n) is 2.69. The molecule has 81 valence electrons. The first-order valence-corrected chi connectivity index (χ1v) is 5.08. The van der Waals surface area contributed by atoms with Crippen molar-refractivity contribution >= 4 is 0 Å². The van der Waals surface area contributed by atoms with Gasteiger partial charge in [0.25, 0.3) is 0 Å². The van der Waals surface area contributed by atoms with Crippen LogP contribution in [0, 0.1) is 32.6 Å². The number of fused-ring (bicyclic) bond motifs is 2. The van der Waals surface area contributed by atoms with Gasteiger partial charge in [-0.25, -0.2) is 0 Å². The summed E-state index contributed by atoms with van der Waals surface area (Å²) in [7, 11) is 0. The van der Waals surface area contributed by atoms with Gasteiger partial charge in [-0.3, -0.25) is 0 Å². The third kappa shape index (κ3) is 3.78. The van der Waals surface area contributed by atoms with E-state index in [4.69, 9.17) is 0 Å². The van der Waals surface area contributed by atoms with E-state index < -0.39 is 0 Å². The zero-order valence-electron chi connectivity index (χ0n) is 10.00. The summed E-state index contributed by atoms with van der Waals surface area (Å²) in [6, 6.07) is 0. The predicted molar refractivity (Wildman–Crippen MR) is 61.2 cm³/mol. The minimum absolute atomic E-state index is 0. The second kappa shape index (κ2) is 8.05. The zero-order chi connectivity index (χ0) is 7.68. The molecular weight excluding hydrogens is 245 g/mol. The molecule has 2 aliphatic carbocycles. The Balaban J connectivity index is 0. The molecule has 0 N–H and O–H groups in total. The normalized spacial score (nSPS) is 31.6. The number of rotatable bonds is 3. The van der Waals surface area contributed by atoms with Gasteiger partial charge in [-0.15, -0.1) is 0 Å². The van der Waals surface area contributed by atoms with Gasteiger partial charge in [0.15, 0.2) is 0 Å². The molecule has 3 unspecified atom stereocenters. The Morgan fingerprint density at radius 1 is 1.14 bits per heavy atom. The van der Waals surface area contributed by atoms with Crippen LogP contribution < -0.4 is 0 Å². The van der Waals surface area contributed by atoms with Crippen LogP contribution >= 0.6 is 0 Å². The molecule has 3 atom stereocenters. The van der Waals surface area contributed by atoms with E-state index in [-0.39, 0.29) is 47.6 Å². The monoisotopic (exact) mass is 269 g/mol. The first-order valence-electron chi connectivity index (χ1n) is 5.08. The Bertz CT molecular complexity index is 163. The van der Waals surface area contributed by atoms with Crippen molar-refractivity contribution < 1.29 is 32.7 Å². The molecule has 1 heteroatoms. The van der Waals surface area contributed by atoms with Crippen molar-refractivity contribution in [3.05, 3.63) is 27.0 Å². The van der Waals surface area contributed by atoms with Crippen LogP contribution in [-0.2, 0) is 32.7 Å². The molecule has 2 rings (SSSR count). The average molecular weight is 269 g/mol. The summed E-state index contributed by atoms with van der Waals surface area (Å²) in [6.07, 6.45) is 12.2. The Morgan fingerprint density at radius 2 is 1.86 bits per heavy atom. The number of unbranched alkanes of at least 4 members (excludes halogenated alkanes) is 1. The molecule has 0 spiro atoms. The number of hydrogen-bond donors (Lipinski definition) is 0. The summed E-state index contributed by atoms with van der Waals surface area (Å²) in [5, 5.41) is 0. The molecule has 0 amide bonds. The van der Waals surface area contributed by atoms with Crippen LogP contribution in [-0.4, -0.2) is 0 Å². The van der Waals surface area contributed by atoms with Gasteiger partial charge in [0.1, 0.15) is 0 Å². The van der Waals surface area contributed by atoms with Crippen molar-refractivity contribution in [1.82, 2.24) is 0 Å². The molecule has 1 fully saturated rings. The molecule has 2 aliphatic rings. The summed E-state index contributed by atoms with van der Waals surface area (Å²) in [6.45, 7) is 2.29. The third-order valence-electron chi connectivity index (χ3n) is 3.34. The molecule has 0 saturated heterocycles. The second-order valence-electron chi connectivity index (χ2n) is 4.18. The van der Waals surface area contributed by atoms with Gasteiger partial charge in [0.2, 0.25) is 0 Å². The van der Waals surface area contributed by atoms with Gasteiger partial charge in [0, 0.05) is 32.7 Å². The molecule has 1 saturated carbocycles. The Hall–Kier alpha value is 0.844. The maximum Gasteiger partial charge on any atom is 0 e. The van der Waals surface area contributed by atoms with E-state index in [1.807, 2.05) is 0 Å². The summed E-state index contributed by atoms with van der Waals surface area (Å²) >= 11 is 0. The fourth-order valence-corrected chi connectivity index (χ4v) is 2.69. The van der Waals surface area contributed by atoms with Crippen LogP contribution in [0.1, 0.15) is 39.0 Å². The van der Waals surface area contributed by atoms with Crippen molar-refractivity contribution in [2.75, 3.05) is 0 Å². The maximum atomic E-state index is 2.47. The Kier molecular flexibility index (Phi) is 9.92. The Morgan fingerprint density at radius 3 is 2.29 bits per heavy atom. The molecule has 0 heterocycles. The molecule has 0 aromatic heterocycles. The van der Waals surface area contributed by atoms with Gasteiger partial charge in [-0.05, 0) is 37.0 Å². The molecule has 0 nitrogen and oxygen atoms in total. The maximum absolute atomic E-state index is 2.47. The van der Waals surface area contributed by atoms with Crippen molar-refractivity contribution in [3.63, 3.8) is 0 Å². The van der Waals surface area contributed by atoms with E-state index in [0.29, 0.717) is 0 Å². The molecule has 14 heavy (non-hydrogen) atoms. The summed E-state index contributed by atoms with van der Waals surface area (Å²) in [5.74, 6) is 3.01. The Labute approximate surface area is 116 Å². The first-order chi connectivity index (χ1) is 5.40. The van der Waals surface area contributed by atoms with Gasteiger partial charge < -0.3 is 14.9 Å². The van der Waals surface area contributed by atoms with E-state index in [2.05, 4.69) is 19.1 Å². The van der Waals surface area contributed by atoms with Crippen molar-refractivity contribution in [1.29, 1.82) is 0 Å². The van der Waals surface area contributed by atoms with Crippen molar-refractivity contribution in [3.8, 4) is 0 Å². The van der Waals surface area contributed by atoms with Gasteiger partial charge in [-0.1, -0.05) is 31.9 Å². The summed E-state index contributed by atoms with van der Waals surface area (Å²) in [4.78, 5) is 0. The van der Waals surface area contributed by atoms with E-state index in [1.54, 1.807) is 0 Å². The SMILES string of the molecule is CCCCC1CC2C=CC1C2.[CH3-].[CH3-].[Y]. The third-order valence-corrected chi connectivity index (χ3v) is 3.34. The van der Waals surface area contributed by atoms with Gasteiger partial charge in [0.05, 0.1) is 0 Å². The smallest absolute Gasteiger partial charge is 0 e. The standard InChI is InChI=1S/C11H18.2CH3.Y/c1-2-3-4-10-7-9-5-6-11(10)8-9;;;/h5-6,9-11H,2-4,7-8H2,1H3;2*1H3;/q;2*-1;. The molecule has 0 aromatic carbocycles. The average Bonchev–Trinajstić information content (AvgIpc) is 2.60. The largest absolute Gasteiger partial charge is 0.358 e. The van der Waals surface area contributed by atoms with Crippen LogP contribution in [0.4, 0.5) is 0 Å². The van der Waals surface area contributed by atoms with Crippen LogP contribution in [0.2, 0.25) is 0 Å². The van der Waals surface area contributed by atoms with E-state index in [9.17, 15) is 0 Å². The first kappa shape index (κ1) is 17.2. The molecule has 0 aromatic rings. The zero-order valence-corrected chi connectivity index (χ0v) is 12.8. The van der Waals surface area contributed by atoms with Crippen LogP contribution in [0.15, 0.2) is 12.2 Å². The second-order valence-corrected chi connectivity index (χ2v) is 4.18. The molecular formula is C13H24Y-2. The minimum Gasteiger partial charge on any atom is -0.358 e. The quantitative estimate of drug-likeness (QED) is 0.529. The topological polar surface area (TPSA) is 0 Å². The van der Waals surface area contributed by atoms with Crippen molar-refractivity contribution in [2.24, 2.45) is 17.8 Å². The van der Waals surface area contributed by atoms with Gasteiger partial charge >= 0.3 is 0 Å².